The molecule has 0 spiro atoms. The van der Waals surface area contributed by atoms with Crippen molar-refractivity contribution in [2.45, 2.75) is 0 Å². The minimum atomic E-state index is -0.136. The van der Waals surface area contributed by atoms with Gasteiger partial charge in [-0.05, 0) is 6.07 Å². The van der Waals surface area contributed by atoms with Crippen LogP contribution in [0, 0.1) is 0 Å². The molecule has 1 amide bonds. The van der Waals surface area contributed by atoms with E-state index in [1.807, 2.05) is 0 Å². The third kappa shape index (κ3) is 4.85. The van der Waals surface area contributed by atoms with Crippen LogP contribution in [-0.2, 0) is 4.74 Å². The molecule has 21 heavy (non-hydrogen) atoms. The van der Waals surface area contributed by atoms with E-state index in [9.17, 15) is 4.79 Å². The number of rotatable bonds is 8. The van der Waals surface area contributed by atoms with E-state index in [-0.39, 0.29) is 5.91 Å². The fourth-order valence-corrected chi connectivity index (χ4v) is 2.32. The summed E-state index contributed by atoms with van der Waals surface area (Å²) in [6.07, 6.45) is 4.84. The zero-order valence-electron chi connectivity index (χ0n) is 11.7. The van der Waals surface area contributed by atoms with Crippen LogP contribution in [0.2, 0.25) is 0 Å². The smallest absolute Gasteiger partial charge is 0.263 e. The molecular formula is C13H17N5O2S. The van der Waals surface area contributed by atoms with E-state index in [1.165, 1.54) is 11.3 Å². The lowest BCUT2D eigenvalue weighted by Crippen LogP contribution is -2.32. The summed E-state index contributed by atoms with van der Waals surface area (Å²) in [5.74, 6) is 0.394. The number of hydrogen-bond acceptors (Lipinski definition) is 7. The first-order valence-electron chi connectivity index (χ1n) is 6.52. The number of carbonyl (C=O) groups is 1. The monoisotopic (exact) mass is 307 g/mol. The van der Waals surface area contributed by atoms with Gasteiger partial charge in [0, 0.05) is 39.1 Å². The van der Waals surface area contributed by atoms with Gasteiger partial charge in [-0.15, -0.1) is 11.3 Å². The molecule has 0 aliphatic heterocycles. The second kappa shape index (κ2) is 8.40. The number of carbonyl (C=O) groups excluding carboxylic acids is 1. The maximum absolute atomic E-state index is 11.9. The zero-order valence-corrected chi connectivity index (χ0v) is 12.5. The minimum Gasteiger partial charge on any atom is -0.383 e. The van der Waals surface area contributed by atoms with Gasteiger partial charge in [-0.2, -0.15) is 0 Å². The summed E-state index contributed by atoms with van der Waals surface area (Å²) in [5.41, 5.74) is 0. The van der Waals surface area contributed by atoms with Crippen LogP contribution in [-0.4, -0.2) is 54.2 Å². The average Bonchev–Trinajstić information content (AvgIpc) is 3.01. The molecule has 2 rings (SSSR count). The lowest BCUT2D eigenvalue weighted by Gasteiger charge is -2.04. The number of nitrogens with zero attached hydrogens (tertiary/aromatic N) is 3. The molecule has 0 saturated carbocycles. The van der Waals surface area contributed by atoms with Gasteiger partial charge in [-0.3, -0.25) is 4.79 Å². The molecule has 7 nitrogen and oxygen atoms in total. The first kappa shape index (κ1) is 15.5. The van der Waals surface area contributed by atoms with Crippen molar-refractivity contribution < 1.29 is 9.53 Å². The van der Waals surface area contributed by atoms with Gasteiger partial charge in [0.1, 0.15) is 4.88 Å². The number of methoxy groups -OCH3 is 1. The van der Waals surface area contributed by atoms with Gasteiger partial charge < -0.3 is 15.4 Å². The Kier molecular flexibility index (Phi) is 6.20. The van der Waals surface area contributed by atoms with Gasteiger partial charge >= 0.3 is 0 Å². The molecular weight excluding hydrogens is 290 g/mol. The topological polar surface area (TPSA) is 89.0 Å². The molecule has 8 heteroatoms. The summed E-state index contributed by atoms with van der Waals surface area (Å²) in [5, 5.41) is 6.62. The molecule has 2 aromatic rings. The summed E-state index contributed by atoms with van der Waals surface area (Å²) >= 11 is 1.28. The van der Waals surface area contributed by atoms with Crippen molar-refractivity contribution >= 4 is 17.2 Å². The molecule has 0 fully saturated rings. The van der Waals surface area contributed by atoms with Gasteiger partial charge in [0.25, 0.3) is 5.91 Å². The average molecular weight is 307 g/mol. The Morgan fingerprint density at radius 1 is 1.24 bits per heavy atom. The van der Waals surface area contributed by atoms with Gasteiger partial charge in [-0.1, -0.05) is 0 Å². The molecule has 0 atom stereocenters. The Hall–Kier alpha value is -1.90. The van der Waals surface area contributed by atoms with Gasteiger partial charge in [0.15, 0.2) is 10.8 Å². The Morgan fingerprint density at radius 2 is 2.05 bits per heavy atom. The number of ether oxygens (including phenoxy) is 1. The fraction of sp³-hybridized carbons (Fsp3) is 0.385. The number of amides is 1. The Balaban J connectivity index is 1.80. The van der Waals surface area contributed by atoms with Gasteiger partial charge in [0.2, 0.25) is 0 Å². The maximum atomic E-state index is 11.9. The van der Waals surface area contributed by atoms with Gasteiger partial charge in [0.05, 0.1) is 12.8 Å². The second-order valence-corrected chi connectivity index (χ2v) is 5.13. The number of hydrogen-bond donors (Lipinski definition) is 2. The first-order chi connectivity index (χ1) is 10.3. The van der Waals surface area contributed by atoms with Crippen LogP contribution in [0.3, 0.4) is 0 Å². The lowest BCUT2D eigenvalue weighted by atomic mass is 10.5. The Morgan fingerprint density at radius 3 is 2.81 bits per heavy atom. The van der Waals surface area contributed by atoms with Crippen molar-refractivity contribution in [2.24, 2.45) is 0 Å². The molecule has 2 aromatic heterocycles. The van der Waals surface area contributed by atoms with Crippen molar-refractivity contribution in [2.75, 3.05) is 33.4 Å². The minimum absolute atomic E-state index is 0.136. The molecule has 0 aliphatic rings. The van der Waals surface area contributed by atoms with Crippen molar-refractivity contribution in [1.29, 1.82) is 0 Å². The highest BCUT2D eigenvalue weighted by atomic mass is 32.1. The lowest BCUT2D eigenvalue weighted by molar-refractivity contribution is 0.0957. The normalized spacial score (nSPS) is 10.5. The van der Waals surface area contributed by atoms with E-state index in [0.717, 1.165) is 6.54 Å². The fourth-order valence-electron chi connectivity index (χ4n) is 1.54. The van der Waals surface area contributed by atoms with E-state index in [4.69, 9.17) is 4.74 Å². The zero-order chi connectivity index (χ0) is 14.9. The predicted octanol–water partition coefficient (Wildman–Crippen LogP) is 0.566. The molecule has 0 aromatic carbocycles. The molecule has 0 unspecified atom stereocenters. The second-order valence-electron chi connectivity index (χ2n) is 4.10. The highest BCUT2D eigenvalue weighted by Crippen LogP contribution is 2.21. The maximum Gasteiger partial charge on any atom is 0.263 e. The van der Waals surface area contributed by atoms with Crippen molar-refractivity contribution in [3.8, 4) is 10.8 Å². The van der Waals surface area contributed by atoms with Crippen LogP contribution in [0.1, 0.15) is 9.67 Å². The van der Waals surface area contributed by atoms with Crippen LogP contribution in [0.25, 0.3) is 10.8 Å². The van der Waals surface area contributed by atoms with Gasteiger partial charge in [-0.25, -0.2) is 15.0 Å². The highest BCUT2D eigenvalue weighted by molar-refractivity contribution is 7.16. The molecule has 0 saturated heterocycles. The van der Waals surface area contributed by atoms with Crippen molar-refractivity contribution in [3.05, 3.63) is 29.5 Å². The standard InChI is InChI=1S/C13H17N5O2S/c1-20-8-7-14-5-6-17-12(19)10-9-18-13(21-10)11-15-3-2-4-16-11/h2-4,9,14H,5-8H2,1H3,(H,17,19). The molecule has 2 heterocycles. The molecule has 2 N–H and O–H groups in total. The van der Waals surface area contributed by atoms with Crippen LogP contribution in [0.4, 0.5) is 0 Å². The molecule has 0 aliphatic carbocycles. The van der Waals surface area contributed by atoms with Crippen LogP contribution in [0.5, 0.6) is 0 Å². The molecule has 112 valence electrons. The Labute approximate surface area is 126 Å². The van der Waals surface area contributed by atoms with Crippen LogP contribution < -0.4 is 10.6 Å². The Bertz CT molecular complexity index is 561. The number of nitrogens with one attached hydrogen (secondary N) is 2. The van der Waals surface area contributed by atoms with Crippen LogP contribution >= 0.6 is 11.3 Å². The van der Waals surface area contributed by atoms with E-state index in [2.05, 4.69) is 25.6 Å². The van der Waals surface area contributed by atoms with E-state index < -0.39 is 0 Å². The summed E-state index contributed by atoms with van der Waals surface area (Å²) in [6.45, 7) is 2.67. The summed E-state index contributed by atoms with van der Waals surface area (Å²) in [7, 11) is 1.65. The number of thiazole rings is 1. The highest BCUT2D eigenvalue weighted by Gasteiger charge is 2.12. The van der Waals surface area contributed by atoms with Crippen LogP contribution in [0.15, 0.2) is 24.7 Å². The number of aromatic nitrogens is 3. The first-order valence-corrected chi connectivity index (χ1v) is 7.34. The predicted molar refractivity (Wildman–Crippen MR) is 80.2 cm³/mol. The summed E-state index contributed by atoms with van der Waals surface area (Å²) < 4.78 is 4.92. The molecule has 0 radical (unpaired) electrons. The third-order valence-corrected chi connectivity index (χ3v) is 3.55. The summed E-state index contributed by atoms with van der Waals surface area (Å²) in [6, 6.07) is 1.74. The van der Waals surface area contributed by atoms with E-state index in [1.54, 1.807) is 31.8 Å². The largest absolute Gasteiger partial charge is 0.383 e. The molecule has 0 bridgehead atoms. The SMILES string of the molecule is COCCNCCNC(=O)c1cnc(-c2ncccn2)s1. The van der Waals surface area contributed by atoms with E-state index in [0.29, 0.717) is 35.4 Å². The van der Waals surface area contributed by atoms with E-state index >= 15 is 0 Å². The summed E-state index contributed by atoms with van der Waals surface area (Å²) in [4.78, 5) is 24.9. The quantitative estimate of drug-likeness (QED) is 0.693. The third-order valence-electron chi connectivity index (χ3n) is 2.56. The van der Waals surface area contributed by atoms with Crippen molar-refractivity contribution in [1.82, 2.24) is 25.6 Å². The van der Waals surface area contributed by atoms with Crippen molar-refractivity contribution in [3.63, 3.8) is 0 Å².